The Morgan fingerprint density at radius 2 is 1.42 bits per heavy atom. The van der Waals surface area contributed by atoms with E-state index in [9.17, 15) is 4.79 Å². The van der Waals surface area contributed by atoms with Crippen LogP contribution in [-0.4, -0.2) is 26.7 Å². The van der Waals surface area contributed by atoms with Gasteiger partial charge in [-0.3, -0.25) is 0 Å². The van der Waals surface area contributed by atoms with Gasteiger partial charge in [-0.15, -0.1) is 4.58 Å². The number of carbonyl (C=O) groups excluding carboxylic acids is 1. The summed E-state index contributed by atoms with van der Waals surface area (Å²) in [5.74, 6) is -0.0853. The predicted molar refractivity (Wildman–Crippen MR) is 125 cm³/mol. The third-order valence-corrected chi connectivity index (χ3v) is 5.69. The number of aromatic nitrogens is 2. The molecular weight excluding hydrogens is 384 g/mol. The fraction of sp³-hybridized carbons (Fsp3) is 0. The zero-order valence-electron chi connectivity index (χ0n) is 16.6. The first-order chi connectivity index (χ1) is 15.2. The Balaban J connectivity index is 1.51. The first kappa shape index (κ1) is 17.5. The number of nitrogens with one attached hydrogen (secondary N) is 2. The smallest absolute Gasteiger partial charge is 0.399 e. The van der Waals surface area contributed by atoms with Gasteiger partial charge in [0.2, 0.25) is 11.9 Å². The van der Waals surface area contributed by atoms with Crippen LogP contribution in [0.15, 0.2) is 78.9 Å². The third-order valence-electron chi connectivity index (χ3n) is 5.69. The van der Waals surface area contributed by atoms with Crippen LogP contribution in [0, 0.1) is 0 Å². The molecule has 0 bridgehead atoms. The lowest BCUT2D eigenvalue weighted by atomic mass is 10.1. The number of aromatic amines is 2. The van der Waals surface area contributed by atoms with Crippen LogP contribution in [-0.2, 0) is 4.79 Å². The van der Waals surface area contributed by atoms with Crippen molar-refractivity contribution in [1.82, 2.24) is 9.97 Å². The van der Waals surface area contributed by atoms with Crippen molar-refractivity contribution in [2.24, 2.45) is 0 Å². The summed E-state index contributed by atoms with van der Waals surface area (Å²) in [4.78, 5) is 20.2. The van der Waals surface area contributed by atoms with Gasteiger partial charge >= 0.3 is 5.91 Å². The van der Waals surface area contributed by atoms with Crippen molar-refractivity contribution < 1.29 is 9.37 Å². The maximum atomic E-state index is 13.5. The highest BCUT2D eigenvalue weighted by atomic mass is 16.2. The molecule has 0 atom stereocenters. The van der Waals surface area contributed by atoms with Crippen LogP contribution in [0.5, 0.6) is 0 Å². The molecule has 1 aliphatic rings. The summed E-state index contributed by atoms with van der Waals surface area (Å²) in [5, 5.41) is 2.21. The molecule has 0 radical (unpaired) electrons. The van der Waals surface area contributed by atoms with E-state index >= 15 is 0 Å². The minimum absolute atomic E-state index is 0.0853. The summed E-state index contributed by atoms with van der Waals surface area (Å²) in [7, 11) is 0. The van der Waals surface area contributed by atoms with Crippen molar-refractivity contribution in [2.75, 3.05) is 5.73 Å². The number of fused-ring (bicyclic) bond motifs is 3. The van der Waals surface area contributed by atoms with Crippen LogP contribution < -0.4 is 5.73 Å². The van der Waals surface area contributed by atoms with Crippen LogP contribution in [0.25, 0.3) is 33.5 Å². The zero-order chi connectivity index (χ0) is 20.9. The largest absolute Gasteiger partial charge is 0.426 e. The molecule has 31 heavy (non-hydrogen) atoms. The van der Waals surface area contributed by atoms with Crippen molar-refractivity contribution in [3.05, 3.63) is 95.8 Å². The number of anilines is 1. The normalized spacial score (nSPS) is 16.1. The summed E-state index contributed by atoms with van der Waals surface area (Å²) in [6, 6.07) is 25.8. The third kappa shape index (κ3) is 2.87. The number of para-hydroxylation sites is 2. The lowest BCUT2D eigenvalue weighted by Crippen LogP contribution is -2.12. The van der Waals surface area contributed by atoms with Gasteiger partial charge in [-0.2, -0.15) is 0 Å². The second kappa shape index (κ2) is 6.57. The zero-order valence-corrected chi connectivity index (χ0v) is 16.6. The maximum absolute atomic E-state index is 13.5. The maximum Gasteiger partial charge on any atom is 0.426 e. The molecule has 0 saturated heterocycles. The van der Waals surface area contributed by atoms with E-state index in [-0.39, 0.29) is 5.91 Å². The van der Waals surface area contributed by atoms with Gasteiger partial charge in [-0.25, -0.2) is 4.79 Å². The van der Waals surface area contributed by atoms with E-state index in [1.165, 1.54) is 0 Å². The molecule has 5 heteroatoms. The monoisotopic (exact) mass is 403 g/mol. The van der Waals surface area contributed by atoms with Gasteiger partial charge in [0.05, 0.1) is 5.56 Å². The number of rotatable bonds is 2. The number of H-pyrrole nitrogens is 2. The Bertz CT molecular complexity index is 1500. The van der Waals surface area contributed by atoms with Crippen LogP contribution in [0.4, 0.5) is 11.4 Å². The summed E-state index contributed by atoms with van der Waals surface area (Å²) < 4.78 is 1.69. The van der Waals surface area contributed by atoms with Gasteiger partial charge in [0.15, 0.2) is 0 Å². The minimum atomic E-state index is -0.0853. The Morgan fingerprint density at radius 1 is 0.774 bits per heavy atom. The van der Waals surface area contributed by atoms with Crippen LogP contribution >= 0.6 is 0 Å². The van der Waals surface area contributed by atoms with Crippen molar-refractivity contribution in [2.45, 2.75) is 0 Å². The van der Waals surface area contributed by atoms with Gasteiger partial charge in [-0.1, -0.05) is 36.4 Å². The van der Waals surface area contributed by atoms with E-state index in [4.69, 9.17) is 5.73 Å². The molecule has 0 spiro atoms. The topological polar surface area (TPSA) is 77.7 Å². The van der Waals surface area contributed by atoms with E-state index in [0.29, 0.717) is 11.3 Å². The lowest BCUT2D eigenvalue weighted by molar-refractivity contribution is -0.349. The molecule has 148 valence electrons. The molecule has 5 nitrogen and oxygen atoms in total. The summed E-state index contributed by atoms with van der Waals surface area (Å²) in [5.41, 5.74) is 12.8. The van der Waals surface area contributed by atoms with Crippen molar-refractivity contribution >= 4 is 57.0 Å². The number of amides is 1. The van der Waals surface area contributed by atoms with Gasteiger partial charge in [0.1, 0.15) is 11.3 Å². The van der Waals surface area contributed by atoms with Crippen molar-refractivity contribution in [3.8, 4) is 0 Å². The Hall–Kier alpha value is -4.38. The predicted octanol–water partition coefficient (Wildman–Crippen LogP) is 5.08. The summed E-state index contributed by atoms with van der Waals surface area (Å²) in [6.07, 6.45) is 3.75. The average molecular weight is 403 g/mol. The molecule has 1 aliphatic heterocycles. The molecule has 0 fully saturated rings. The second-order valence-electron chi connectivity index (χ2n) is 7.76. The van der Waals surface area contributed by atoms with Crippen LogP contribution in [0.1, 0.15) is 17.0 Å². The minimum Gasteiger partial charge on any atom is -0.399 e. The number of carbonyl (C=O) groups is 1. The van der Waals surface area contributed by atoms with E-state index in [1.54, 1.807) is 4.58 Å². The number of nitrogen functional groups attached to an aromatic ring is 1. The number of hydrogen-bond acceptors (Lipinski definition) is 2. The van der Waals surface area contributed by atoms with Gasteiger partial charge in [-0.05, 0) is 47.9 Å². The molecule has 3 heterocycles. The molecule has 1 amide bonds. The molecular formula is C26H19N4O+. The molecule has 6 rings (SSSR count). The van der Waals surface area contributed by atoms with Gasteiger partial charge < -0.3 is 15.7 Å². The van der Waals surface area contributed by atoms with Crippen molar-refractivity contribution in [1.29, 1.82) is 0 Å². The molecule has 3 aromatic carbocycles. The first-order valence-electron chi connectivity index (χ1n) is 10.1. The lowest BCUT2D eigenvalue weighted by Gasteiger charge is -1.95. The molecule has 2 aromatic heterocycles. The Morgan fingerprint density at radius 3 is 2.13 bits per heavy atom. The fourth-order valence-electron chi connectivity index (χ4n) is 4.24. The molecule has 5 aromatic rings. The van der Waals surface area contributed by atoms with Crippen LogP contribution in [0.2, 0.25) is 0 Å². The first-order valence-corrected chi connectivity index (χ1v) is 10.1. The number of hydrogen-bond donors (Lipinski definition) is 3. The van der Waals surface area contributed by atoms with E-state index in [2.05, 4.69) is 9.97 Å². The quantitative estimate of drug-likeness (QED) is 0.218. The Labute approximate surface area is 178 Å². The SMILES string of the molecule is Nc1ccc2c(c1)C(=Cc1cc3ccccc3[nH]1)C(=O)[N+]2=Cc1cc2ccccc2[nH]1. The fourth-order valence-corrected chi connectivity index (χ4v) is 4.24. The van der Waals surface area contributed by atoms with E-state index in [0.717, 1.165) is 44.4 Å². The van der Waals surface area contributed by atoms with Gasteiger partial charge in [0, 0.05) is 33.9 Å². The molecule has 0 unspecified atom stereocenters. The molecule has 4 N–H and O–H groups in total. The van der Waals surface area contributed by atoms with Crippen LogP contribution in [0.3, 0.4) is 0 Å². The summed E-state index contributed by atoms with van der Waals surface area (Å²) >= 11 is 0. The van der Waals surface area contributed by atoms with Gasteiger partial charge in [0.25, 0.3) is 0 Å². The van der Waals surface area contributed by atoms with E-state index in [1.807, 2.05) is 91.2 Å². The highest BCUT2D eigenvalue weighted by Gasteiger charge is 2.39. The Kier molecular flexibility index (Phi) is 3.70. The molecule has 0 saturated carbocycles. The standard InChI is InChI=1S/C26H18N4O/c27-18-9-10-25-21(13-18)22(14-19-11-16-5-1-3-7-23(16)28-19)26(31)30(25)15-20-12-17-6-2-4-8-24(17)29-20/h1-15H,27H2,(H,28,31)/p+1. The van der Waals surface area contributed by atoms with Crippen molar-refractivity contribution in [3.63, 3.8) is 0 Å². The molecule has 0 aliphatic carbocycles. The van der Waals surface area contributed by atoms with E-state index < -0.39 is 0 Å². The number of nitrogens with zero attached hydrogens (tertiary/aromatic N) is 1. The summed E-state index contributed by atoms with van der Waals surface area (Å²) in [6.45, 7) is 0. The number of nitrogens with two attached hydrogens (primary N) is 1. The second-order valence-corrected chi connectivity index (χ2v) is 7.76. The average Bonchev–Trinajstić information content (AvgIpc) is 3.44. The highest BCUT2D eigenvalue weighted by molar-refractivity contribution is 6.26. The number of benzene rings is 3. The highest BCUT2D eigenvalue weighted by Crippen LogP contribution is 2.38.